The molecule has 2 aromatic rings. The summed E-state index contributed by atoms with van der Waals surface area (Å²) >= 11 is 0. The van der Waals surface area contributed by atoms with Gasteiger partial charge in [-0.3, -0.25) is 0 Å². The number of hydrogen-bond donors (Lipinski definition) is 0. The molecule has 0 saturated heterocycles. The lowest BCUT2D eigenvalue weighted by atomic mass is 9.89. The van der Waals surface area contributed by atoms with Crippen molar-refractivity contribution in [1.29, 1.82) is 5.26 Å². The molecule has 106 valence electrons. The van der Waals surface area contributed by atoms with Crippen molar-refractivity contribution in [3.8, 4) is 17.6 Å². The van der Waals surface area contributed by atoms with Crippen LogP contribution in [0.25, 0.3) is 0 Å². The molecular weight excluding hydrogens is 262 g/mol. The number of hydrogen-bond acceptors (Lipinski definition) is 3. The first-order valence-corrected chi connectivity index (χ1v) is 7.02. The predicted molar refractivity (Wildman–Crippen MR) is 80.5 cm³/mol. The molecule has 1 heterocycles. The van der Waals surface area contributed by atoms with E-state index in [1.807, 2.05) is 18.2 Å². The molecule has 0 aliphatic carbocycles. The summed E-state index contributed by atoms with van der Waals surface area (Å²) in [5.41, 5.74) is 4.54. The first kappa shape index (κ1) is 13.5. The van der Waals surface area contributed by atoms with E-state index in [-0.39, 0.29) is 12.7 Å². The van der Waals surface area contributed by atoms with Crippen LogP contribution in [0.15, 0.2) is 36.4 Å². The zero-order valence-electron chi connectivity index (χ0n) is 12.2. The number of nitrogens with zero attached hydrogens (tertiary/aromatic N) is 1. The van der Waals surface area contributed by atoms with Gasteiger partial charge >= 0.3 is 0 Å². The Morgan fingerprint density at radius 1 is 1.10 bits per heavy atom. The second-order valence-electron chi connectivity index (χ2n) is 5.43. The molecule has 0 aromatic heterocycles. The van der Waals surface area contributed by atoms with Crippen molar-refractivity contribution >= 4 is 0 Å². The van der Waals surface area contributed by atoms with Crippen molar-refractivity contribution in [2.45, 2.75) is 26.2 Å². The number of nitriles is 1. The fourth-order valence-corrected chi connectivity index (χ4v) is 2.66. The molecule has 0 amide bonds. The molecule has 0 radical (unpaired) electrons. The lowest BCUT2D eigenvalue weighted by molar-refractivity contribution is 0.174. The molecule has 3 nitrogen and oxygen atoms in total. The highest BCUT2D eigenvalue weighted by Crippen LogP contribution is 2.34. The van der Waals surface area contributed by atoms with Gasteiger partial charge in [0.15, 0.2) is 11.5 Å². The Bertz CT molecular complexity index is 716. The average molecular weight is 279 g/mol. The Morgan fingerprint density at radius 2 is 1.90 bits per heavy atom. The average Bonchev–Trinajstić information content (AvgIpc) is 2.95. The minimum Gasteiger partial charge on any atom is -0.454 e. The highest BCUT2D eigenvalue weighted by atomic mass is 16.7. The van der Waals surface area contributed by atoms with Gasteiger partial charge < -0.3 is 9.47 Å². The maximum atomic E-state index is 9.54. The molecule has 0 bridgehead atoms. The summed E-state index contributed by atoms with van der Waals surface area (Å²) in [6.45, 7) is 4.38. The van der Waals surface area contributed by atoms with E-state index >= 15 is 0 Å². The normalized spacial score (nSPS) is 13.8. The summed E-state index contributed by atoms with van der Waals surface area (Å²) in [6, 6.07) is 14.6. The zero-order chi connectivity index (χ0) is 14.8. The molecule has 0 spiro atoms. The highest BCUT2D eigenvalue weighted by molar-refractivity contribution is 5.46. The highest BCUT2D eigenvalue weighted by Gasteiger charge is 2.17. The third kappa shape index (κ3) is 2.71. The molecular formula is C18H17NO2. The van der Waals surface area contributed by atoms with Gasteiger partial charge in [0.2, 0.25) is 6.79 Å². The first-order chi connectivity index (χ1) is 10.2. The van der Waals surface area contributed by atoms with Crippen molar-refractivity contribution in [3.05, 3.63) is 58.7 Å². The summed E-state index contributed by atoms with van der Waals surface area (Å²) in [6.07, 6.45) is 0.678. The van der Waals surface area contributed by atoms with Crippen LogP contribution in [0.4, 0.5) is 0 Å². The van der Waals surface area contributed by atoms with Crippen LogP contribution >= 0.6 is 0 Å². The monoisotopic (exact) mass is 279 g/mol. The van der Waals surface area contributed by atoms with E-state index in [0.29, 0.717) is 6.42 Å². The van der Waals surface area contributed by atoms with E-state index in [2.05, 4.69) is 38.1 Å². The number of aryl methyl sites for hydroxylation is 2. The summed E-state index contributed by atoms with van der Waals surface area (Å²) in [5, 5.41) is 9.54. The Hall–Kier alpha value is -2.47. The minimum absolute atomic E-state index is 0.148. The van der Waals surface area contributed by atoms with Crippen LogP contribution in [0.5, 0.6) is 11.5 Å². The minimum atomic E-state index is -0.148. The van der Waals surface area contributed by atoms with Crippen molar-refractivity contribution in [1.82, 2.24) is 0 Å². The number of fused-ring (bicyclic) bond motifs is 1. The molecule has 3 rings (SSSR count). The van der Waals surface area contributed by atoms with Crippen LogP contribution in [0.3, 0.4) is 0 Å². The van der Waals surface area contributed by atoms with Gasteiger partial charge in [0.1, 0.15) is 0 Å². The van der Waals surface area contributed by atoms with E-state index in [1.54, 1.807) is 0 Å². The number of rotatable bonds is 3. The third-order valence-electron chi connectivity index (χ3n) is 3.84. The quantitative estimate of drug-likeness (QED) is 0.856. The molecule has 0 N–H and O–H groups in total. The van der Waals surface area contributed by atoms with Crippen molar-refractivity contribution in [2.75, 3.05) is 6.79 Å². The molecule has 0 fully saturated rings. The zero-order valence-corrected chi connectivity index (χ0v) is 12.2. The number of ether oxygens (including phenoxy) is 2. The Labute approximate surface area is 124 Å². The molecule has 2 aromatic carbocycles. The van der Waals surface area contributed by atoms with Gasteiger partial charge in [-0.2, -0.15) is 5.26 Å². The van der Waals surface area contributed by atoms with Gasteiger partial charge in [-0.15, -0.1) is 0 Å². The maximum Gasteiger partial charge on any atom is 0.231 e. The van der Waals surface area contributed by atoms with Crippen LogP contribution in [0.2, 0.25) is 0 Å². The van der Waals surface area contributed by atoms with E-state index in [9.17, 15) is 5.26 Å². The van der Waals surface area contributed by atoms with Gasteiger partial charge in [-0.05, 0) is 49.1 Å². The summed E-state index contributed by atoms with van der Waals surface area (Å²) in [7, 11) is 0. The molecule has 3 heteroatoms. The van der Waals surface area contributed by atoms with Gasteiger partial charge in [-0.25, -0.2) is 0 Å². The maximum absolute atomic E-state index is 9.54. The Kier molecular flexibility index (Phi) is 3.53. The Morgan fingerprint density at radius 3 is 2.71 bits per heavy atom. The molecule has 1 aliphatic heterocycles. The molecule has 1 atom stereocenters. The standard InChI is InChI=1S/C18H17NO2/c1-12-3-4-13(2)16(7-12)15(10-19)8-14-5-6-17-18(9-14)21-11-20-17/h3-7,9,15H,8,11H2,1-2H3. The molecule has 21 heavy (non-hydrogen) atoms. The van der Waals surface area contributed by atoms with E-state index in [4.69, 9.17) is 9.47 Å². The third-order valence-corrected chi connectivity index (χ3v) is 3.84. The van der Waals surface area contributed by atoms with E-state index in [1.165, 1.54) is 5.56 Å². The van der Waals surface area contributed by atoms with Gasteiger partial charge in [0, 0.05) is 0 Å². The van der Waals surface area contributed by atoms with Crippen molar-refractivity contribution in [2.24, 2.45) is 0 Å². The summed E-state index contributed by atoms with van der Waals surface area (Å²) < 4.78 is 10.7. The second-order valence-corrected chi connectivity index (χ2v) is 5.43. The van der Waals surface area contributed by atoms with Gasteiger partial charge in [0.05, 0.1) is 12.0 Å². The van der Waals surface area contributed by atoms with Gasteiger partial charge in [-0.1, -0.05) is 29.8 Å². The lowest BCUT2D eigenvalue weighted by Gasteiger charge is -2.14. The smallest absolute Gasteiger partial charge is 0.231 e. The van der Waals surface area contributed by atoms with E-state index in [0.717, 1.165) is 28.2 Å². The molecule has 1 unspecified atom stereocenters. The fourth-order valence-electron chi connectivity index (χ4n) is 2.66. The van der Waals surface area contributed by atoms with Crippen molar-refractivity contribution in [3.63, 3.8) is 0 Å². The summed E-state index contributed by atoms with van der Waals surface area (Å²) in [4.78, 5) is 0. The fraction of sp³-hybridized carbons (Fsp3) is 0.278. The Balaban J connectivity index is 1.88. The van der Waals surface area contributed by atoms with Crippen LogP contribution < -0.4 is 9.47 Å². The van der Waals surface area contributed by atoms with Crippen LogP contribution in [-0.2, 0) is 6.42 Å². The van der Waals surface area contributed by atoms with Crippen LogP contribution in [0.1, 0.15) is 28.2 Å². The lowest BCUT2D eigenvalue weighted by Crippen LogP contribution is -2.03. The van der Waals surface area contributed by atoms with Crippen molar-refractivity contribution < 1.29 is 9.47 Å². The summed E-state index contributed by atoms with van der Waals surface area (Å²) in [5.74, 6) is 1.40. The van der Waals surface area contributed by atoms with E-state index < -0.39 is 0 Å². The SMILES string of the molecule is Cc1ccc(C)c(C(C#N)Cc2ccc3c(c2)OCO3)c1. The predicted octanol–water partition coefficient (Wildman–Crippen LogP) is 3.88. The van der Waals surface area contributed by atoms with Crippen LogP contribution in [0, 0.1) is 25.2 Å². The molecule has 0 saturated carbocycles. The molecule has 1 aliphatic rings. The largest absolute Gasteiger partial charge is 0.454 e. The first-order valence-electron chi connectivity index (χ1n) is 7.02. The van der Waals surface area contributed by atoms with Gasteiger partial charge in [0.25, 0.3) is 0 Å². The number of benzene rings is 2. The van der Waals surface area contributed by atoms with Crippen LogP contribution in [-0.4, -0.2) is 6.79 Å². The second kappa shape index (κ2) is 5.49. The topological polar surface area (TPSA) is 42.2 Å².